The van der Waals surface area contributed by atoms with E-state index in [1.54, 1.807) is 12.4 Å². The number of rotatable bonds is 2. The van der Waals surface area contributed by atoms with E-state index in [1.807, 2.05) is 35.9 Å². The molecule has 0 radical (unpaired) electrons. The van der Waals surface area contributed by atoms with Crippen LogP contribution in [0.5, 0.6) is 0 Å². The Morgan fingerprint density at radius 1 is 0.808 bits per heavy atom. The third-order valence-corrected chi connectivity index (χ3v) is 4.72. The number of fused-ring (bicyclic) bond motifs is 2. The summed E-state index contributed by atoms with van der Waals surface area (Å²) in [7, 11) is 0. The molecule has 0 amide bonds. The highest BCUT2D eigenvalue weighted by molar-refractivity contribution is 5.95. The van der Waals surface area contributed by atoms with E-state index >= 15 is 0 Å². The summed E-state index contributed by atoms with van der Waals surface area (Å²) in [4.78, 5) is 13.7. The Hall–Kier alpha value is -3.53. The minimum Gasteiger partial charge on any atom is -0.288 e. The van der Waals surface area contributed by atoms with Crippen LogP contribution >= 0.6 is 0 Å². The molecular formula is C22H16N4. The highest BCUT2D eigenvalue weighted by atomic mass is 15.1. The topological polar surface area (TPSA) is 43.1 Å². The third-order valence-electron chi connectivity index (χ3n) is 4.72. The lowest BCUT2D eigenvalue weighted by molar-refractivity contribution is 0.994. The number of hydrogen-bond donors (Lipinski definition) is 0. The van der Waals surface area contributed by atoms with Crippen LogP contribution < -0.4 is 0 Å². The molecule has 4 nitrogen and oxygen atoms in total. The number of hydrogen-bond acceptors (Lipinski definition) is 3. The van der Waals surface area contributed by atoms with Gasteiger partial charge in [-0.05, 0) is 41.5 Å². The Morgan fingerprint density at radius 3 is 2.46 bits per heavy atom. The van der Waals surface area contributed by atoms with Gasteiger partial charge in [-0.25, -0.2) is 9.97 Å². The van der Waals surface area contributed by atoms with E-state index in [1.165, 1.54) is 10.8 Å². The van der Waals surface area contributed by atoms with Crippen molar-refractivity contribution in [1.29, 1.82) is 0 Å². The molecule has 0 atom stereocenters. The molecule has 26 heavy (non-hydrogen) atoms. The van der Waals surface area contributed by atoms with E-state index in [2.05, 4.69) is 52.4 Å². The second-order valence-electron chi connectivity index (χ2n) is 6.30. The predicted octanol–water partition coefficient (Wildman–Crippen LogP) is 4.92. The predicted molar refractivity (Wildman–Crippen MR) is 104 cm³/mol. The van der Waals surface area contributed by atoms with Crippen molar-refractivity contribution >= 4 is 16.4 Å². The largest absolute Gasteiger partial charge is 0.288 e. The Morgan fingerprint density at radius 2 is 1.62 bits per heavy atom. The van der Waals surface area contributed by atoms with E-state index < -0.39 is 0 Å². The number of benzene rings is 2. The number of pyridine rings is 1. The molecule has 2 aromatic carbocycles. The van der Waals surface area contributed by atoms with Gasteiger partial charge in [-0.1, -0.05) is 36.4 Å². The molecule has 0 saturated carbocycles. The van der Waals surface area contributed by atoms with Gasteiger partial charge in [0.1, 0.15) is 11.5 Å². The molecule has 3 heterocycles. The Labute approximate surface area is 150 Å². The molecule has 0 saturated heterocycles. The summed E-state index contributed by atoms with van der Waals surface area (Å²) in [5, 5.41) is 2.43. The maximum absolute atomic E-state index is 4.90. The van der Waals surface area contributed by atoms with E-state index in [0.717, 1.165) is 33.9 Å². The summed E-state index contributed by atoms with van der Waals surface area (Å²) in [6, 6.07) is 18.9. The molecular weight excluding hydrogens is 320 g/mol. The number of nitrogens with zero attached hydrogens (tertiary/aromatic N) is 4. The van der Waals surface area contributed by atoms with Gasteiger partial charge in [0.15, 0.2) is 0 Å². The highest BCUT2D eigenvalue weighted by Crippen LogP contribution is 2.35. The van der Waals surface area contributed by atoms with E-state index in [0.29, 0.717) is 0 Å². The average Bonchev–Trinajstić information content (AvgIpc) is 3.18. The van der Waals surface area contributed by atoms with Crippen molar-refractivity contribution in [2.24, 2.45) is 0 Å². The van der Waals surface area contributed by atoms with Crippen LogP contribution in [-0.4, -0.2) is 19.4 Å². The van der Waals surface area contributed by atoms with Crippen LogP contribution in [0.1, 0.15) is 5.82 Å². The fourth-order valence-corrected chi connectivity index (χ4v) is 3.46. The quantitative estimate of drug-likeness (QED) is 0.459. The fraction of sp³-hybridized carbons (Fsp3) is 0.0455. The summed E-state index contributed by atoms with van der Waals surface area (Å²) in [5.41, 5.74) is 5.03. The van der Waals surface area contributed by atoms with Gasteiger partial charge in [0.25, 0.3) is 0 Å². The summed E-state index contributed by atoms with van der Waals surface area (Å²) in [6.07, 6.45) is 7.38. The normalized spacial score (nSPS) is 11.3. The number of aromatic nitrogens is 4. The van der Waals surface area contributed by atoms with Gasteiger partial charge in [0.05, 0.1) is 11.3 Å². The zero-order chi connectivity index (χ0) is 17.5. The van der Waals surface area contributed by atoms with Gasteiger partial charge < -0.3 is 0 Å². The number of imidazole rings is 1. The van der Waals surface area contributed by atoms with Crippen molar-refractivity contribution in [2.45, 2.75) is 6.92 Å². The van der Waals surface area contributed by atoms with Gasteiger partial charge >= 0.3 is 0 Å². The summed E-state index contributed by atoms with van der Waals surface area (Å²) < 4.78 is 2.04. The maximum Gasteiger partial charge on any atom is 0.148 e. The van der Waals surface area contributed by atoms with Crippen LogP contribution in [0.2, 0.25) is 0 Å². The molecule has 0 aliphatic rings. The zero-order valence-corrected chi connectivity index (χ0v) is 14.3. The molecule has 0 N–H and O–H groups in total. The minimum atomic E-state index is 0.911. The average molecular weight is 336 g/mol. The van der Waals surface area contributed by atoms with Crippen LogP contribution in [0.15, 0.2) is 79.4 Å². The molecule has 3 aromatic heterocycles. The van der Waals surface area contributed by atoms with Crippen LogP contribution in [0.25, 0.3) is 38.8 Å². The monoisotopic (exact) mass is 336 g/mol. The first-order valence-corrected chi connectivity index (χ1v) is 8.54. The van der Waals surface area contributed by atoms with Gasteiger partial charge in [0.2, 0.25) is 0 Å². The standard InChI is InChI=1S/C22H16N4/c1-15-25-21(17-8-10-23-11-9-17)20(22-24-12-13-26(15)22)19-7-6-16-4-2-3-5-18(16)14-19/h2-14H,1H3. The molecule has 4 heteroatoms. The molecule has 0 spiro atoms. The summed E-state index contributed by atoms with van der Waals surface area (Å²) in [6.45, 7) is 2.00. The van der Waals surface area contributed by atoms with Gasteiger partial charge in [-0.15, -0.1) is 0 Å². The van der Waals surface area contributed by atoms with Crippen molar-refractivity contribution in [3.63, 3.8) is 0 Å². The summed E-state index contributed by atoms with van der Waals surface area (Å²) >= 11 is 0. The lowest BCUT2D eigenvalue weighted by Gasteiger charge is -2.13. The van der Waals surface area contributed by atoms with Gasteiger partial charge in [-0.2, -0.15) is 0 Å². The maximum atomic E-state index is 4.90. The van der Waals surface area contributed by atoms with Crippen LogP contribution in [0.4, 0.5) is 0 Å². The smallest absolute Gasteiger partial charge is 0.148 e. The van der Waals surface area contributed by atoms with Crippen molar-refractivity contribution in [3.8, 4) is 22.4 Å². The third kappa shape index (κ3) is 2.27. The molecule has 5 aromatic rings. The van der Waals surface area contributed by atoms with Crippen molar-refractivity contribution < 1.29 is 0 Å². The SMILES string of the molecule is Cc1nc(-c2ccncc2)c(-c2ccc3ccccc3c2)c2nccn12. The van der Waals surface area contributed by atoms with Crippen LogP contribution in [-0.2, 0) is 0 Å². The van der Waals surface area contributed by atoms with E-state index in [9.17, 15) is 0 Å². The lowest BCUT2D eigenvalue weighted by Crippen LogP contribution is -2.01. The second-order valence-corrected chi connectivity index (χ2v) is 6.30. The molecule has 124 valence electrons. The first-order valence-electron chi connectivity index (χ1n) is 8.54. The first-order chi connectivity index (χ1) is 12.8. The van der Waals surface area contributed by atoms with Crippen molar-refractivity contribution in [2.75, 3.05) is 0 Å². The highest BCUT2D eigenvalue weighted by Gasteiger charge is 2.17. The lowest BCUT2D eigenvalue weighted by atomic mass is 9.98. The fourth-order valence-electron chi connectivity index (χ4n) is 3.46. The van der Waals surface area contributed by atoms with E-state index in [-0.39, 0.29) is 0 Å². The van der Waals surface area contributed by atoms with E-state index in [4.69, 9.17) is 4.98 Å². The molecule has 0 fully saturated rings. The molecule has 0 unspecified atom stereocenters. The first kappa shape index (κ1) is 14.8. The van der Waals surface area contributed by atoms with Crippen LogP contribution in [0, 0.1) is 6.92 Å². The second kappa shape index (κ2) is 5.77. The molecule has 0 aliphatic carbocycles. The number of aryl methyl sites for hydroxylation is 1. The molecule has 0 aliphatic heterocycles. The van der Waals surface area contributed by atoms with Gasteiger partial charge in [0, 0.05) is 30.4 Å². The zero-order valence-electron chi connectivity index (χ0n) is 14.3. The Bertz CT molecular complexity index is 1240. The molecule has 5 rings (SSSR count). The summed E-state index contributed by atoms with van der Waals surface area (Å²) in [5.74, 6) is 0.911. The Kier molecular flexibility index (Phi) is 3.28. The van der Waals surface area contributed by atoms with Gasteiger partial charge in [-0.3, -0.25) is 9.38 Å². The molecule has 0 bridgehead atoms. The van der Waals surface area contributed by atoms with Crippen molar-refractivity contribution in [3.05, 3.63) is 85.2 Å². The Balaban J connectivity index is 1.87. The minimum absolute atomic E-state index is 0.911. The van der Waals surface area contributed by atoms with Crippen LogP contribution in [0.3, 0.4) is 0 Å². The van der Waals surface area contributed by atoms with Crippen molar-refractivity contribution in [1.82, 2.24) is 19.4 Å².